The van der Waals surface area contributed by atoms with Gasteiger partial charge in [0.15, 0.2) is 0 Å². The monoisotopic (exact) mass is 442 g/mol. The van der Waals surface area contributed by atoms with Gasteiger partial charge in [-0.25, -0.2) is 4.98 Å². The SMILES string of the molecule is Clc1cccc(N2CCN(c3cncc(-c4ccccc4Oc4ccccc4)n3)CC2)c1. The van der Waals surface area contributed by atoms with Crippen LogP contribution in [0.25, 0.3) is 11.3 Å². The molecular formula is C26H23ClN4O. The summed E-state index contributed by atoms with van der Waals surface area (Å²) in [5.41, 5.74) is 2.87. The lowest BCUT2D eigenvalue weighted by molar-refractivity contribution is 0.484. The quantitative estimate of drug-likeness (QED) is 0.384. The number of halogens is 1. The first-order chi connectivity index (χ1) is 15.8. The number of hydrogen-bond acceptors (Lipinski definition) is 5. The summed E-state index contributed by atoms with van der Waals surface area (Å²) in [5.74, 6) is 2.43. The van der Waals surface area contributed by atoms with E-state index in [0.29, 0.717) is 0 Å². The number of aromatic nitrogens is 2. The average Bonchev–Trinajstić information content (AvgIpc) is 2.85. The molecule has 0 spiro atoms. The maximum atomic E-state index is 6.16. The molecule has 0 N–H and O–H groups in total. The molecule has 1 fully saturated rings. The molecule has 3 aromatic carbocycles. The molecule has 2 heterocycles. The minimum atomic E-state index is 0.760. The van der Waals surface area contributed by atoms with E-state index < -0.39 is 0 Å². The lowest BCUT2D eigenvalue weighted by Crippen LogP contribution is -2.46. The number of ether oxygens (including phenoxy) is 1. The first-order valence-electron chi connectivity index (χ1n) is 10.7. The van der Waals surface area contributed by atoms with Gasteiger partial charge >= 0.3 is 0 Å². The van der Waals surface area contributed by atoms with Crippen molar-refractivity contribution < 1.29 is 4.74 Å². The summed E-state index contributed by atoms with van der Waals surface area (Å²) in [6.45, 7) is 3.54. The Morgan fingerprint density at radius 2 is 1.50 bits per heavy atom. The molecule has 6 heteroatoms. The van der Waals surface area contributed by atoms with Crippen molar-refractivity contribution in [2.75, 3.05) is 36.0 Å². The van der Waals surface area contributed by atoms with Gasteiger partial charge in [0, 0.05) is 42.5 Å². The van der Waals surface area contributed by atoms with Crippen molar-refractivity contribution in [2.45, 2.75) is 0 Å². The van der Waals surface area contributed by atoms with Crippen LogP contribution < -0.4 is 14.5 Å². The fraction of sp³-hybridized carbons (Fsp3) is 0.154. The number of benzene rings is 3. The Kier molecular flexibility index (Phi) is 5.90. The van der Waals surface area contributed by atoms with Crippen molar-refractivity contribution in [3.63, 3.8) is 0 Å². The number of para-hydroxylation sites is 2. The average molecular weight is 443 g/mol. The molecule has 1 saturated heterocycles. The van der Waals surface area contributed by atoms with Crippen LogP contribution in [0.2, 0.25) is 5.02 Å². The zero-order valence-electron chi connectivity index (χ0n) is 17.6. The number of nitrogens with zero attached hydrogens (tertiary/aromatic N) is 4. The van der Waals surface area contributed by atoms with Gasteiger partial charge < -0.3 is 14.5 Å². The molecular weight excluding hydrogens is 420 g/mol. The molecule has 1 aliphatic rings. The molecule has 0 radical (unpaired) electrons. The Hall–Kier alpha value is -3.57. The smallest absolute Gasteiger partial charge is 0.147 e. The molecule has 1 aromatic heterocycles. The zero-order valence-corrected chi connectivity index (χ0v) is 18.3. The lowest BCUT2D eigenvalue weighted by Gasteiger charge is -2.36. The van der Waals surface area contributed by atoms with Crippen LogP contribution in [0.4, 0.5) is 11.5 Å². The third kappa shape index (κ3) is 4.53. The van der Waals surface area contributed by atoms with Crippen LogP contribution in [0, 0.1) is 0 Å². The first kappa shape index (κ1) is 20.3. The highest BCUT2D eigenvalue weighted by Crippen LogP contribution is 2.32. The highest BCUT2D eigenvalue weighted by molar-refractivity contribution is 6.30. The van der Waals surface area contributed by atoms with Gasteiger partial charge in [-0.15, -0.1) is 0 Å². The van der Waals surface area contributed by atoms with Crippen molar-refractivity contribution in [1.29, 1.82) is 0 Å². The summed E-state index contributed by atoms with van der Waals surface area (Å²) >= 11 is 6.16. The standard InChI is InChI=1S/C26H23ClN4O/c27-20-7-6-8-21(17-20)30-13-15-31(16-14-30)26-19-28-18-24(29-26)23-11-4-5-12-25(23)32-22-9-2-1-3-10-22/h1-12,17-19H,13-16H2. The van der Waals surface area contributed by atoms with E-state index >= 15 is 0 Å². The van der Waals surface area contributed by atoms with E-state index in [4.69, 9.17) is 21.3 Å². The molecule has 0 unspecified atom stereocenters. The van der Waals surface area contributed by atoms with Gasteiger partial charge in [-0.1, -0.05) is 48.0 Å². The van der Waals surface area contributed by atoms with Crippen molar-refractivity contribution in [3.05, 3.63) is 96.3 Å². The van der Waals surface area contributed by atoms with Gasteiger partial charge in [0.05, 0.1) is 18.1 Å². The van der Waals surface area contributed by atoms with Crippen LogP contribution in [-0.2, 0) is 0 Å². The zero-order chi connectivity index (χ0) is 21.8. The molecule has 5 rings (SSSR count). The van der Waals surface area contributed by atoms with E-state index in [1.165, 1.54) is 0 Å². The van der Waals surface area contributed by atoms with E-state index in [2.05, 4.69) is 20.9 Å². The van der Waals surface area contributed by atoms with Gasteiger partial charge in [-0.3, -0.25) is 4.98 Å². The van der Waals surface area contributed by atoms with E-state index in [1.54, 1.807) is 6.20 Å². The van der Waals surface area contributed by atoms with E-state index in [-0.39, 0.29) is 0 Å². The summed E-state index contributed by atoms with van der Waals surface area (Å²) in [7, 11) is 0. The highest BCUT2D eigenvalue weighted by atomic mass is 35.5. The van der Waals surface area contributed by atoms with Crippen molar-refractivity contribution in [3.8, 4) is 22.8 Å². The second kappa shape index (κ2) is 9.28. The molecule has 0 amide bonds. The normalized spacial score (nSPS) is 13.8. The number of piperazine rings is 1. The van der Waals surface area contributed by atoms with Crippen molar-refractivity contribution in [2.24, 2.45) is 0 Å². The van der Waals surface area contributed by atoms with Crippen molar-refractivity contribution >= 4 is 23.1 Å². The fourth-order valence-corrected chi connectivity index (χ4v) is 4.07. The van der Waals surface area contributed by atoms with Gasteiger partial charge in [-0.2, -0.15) is 0 Å². The Bertz CT molecular complexity index is 1190. The molecule has 0 aliphatic carbocycles. The minimum Gasteiger partial charge on any atom is -0.457 e. The van der Waals surface area contributed by atoms with Crippen LogP contribution >= 0.6 is 11.6 Å². The fourth-order valence-electron chi connectivity index (χ4n) is 3.89. The molecule has 0 bridgehead atoms. The summed E-state index contributed by atoms with van der Waals surface area (Å²) < 4.78 is 6.12. The predicted octanol–water partition coefficient (Wildman–Crippen LogP) is 5.92. The lowest BCUT2D eigenvalue weighted by atomic mass is 10.1. The van der Waals surface area contributed by atoms with Crippen LogP contribution in [0.15, 0.2) is 91.3 Å². The van der Waals surface area contributed by atoms with E-state index in [0.717, 1.165) is 65.5 Å². The second-order valence-corrected chi connectivity index (χ2v) is 8.06. The Balaban J connectivity index is 1.34. The predicted molar refractivity (Wildman–Crippen MR) is 130 cm³/mol. The topological polar surface area (TPSA) is 41.5 Å². The molecule has 5 nitrogen and oxygen atoms in total. The Morgan fingerprint density at radius 3 is 2.31 bits per heavy atom. The molecule has 4 aromatic rings. The molecule has 32 heavy (non-hydrogen) atoms. The third-order valence-electron chi connectivity index (χ3n) is 5.53. The Labute approximate surface area is 192 Å². The second-order valence-electron chi connectivity index (χ2n) is 7.63. The summed E-state index contributed by atoms with van der Waals surface area (Å²) in [5, 5.41) is 0.764. The Morgan fingerprint density at radius 1 is 0.750 bits per heavy atom. The van der Waals surface area contributed by atoms with Gasteiger partial charge in [0.1, 0.15) is 17.3 Å². The molecule has 0 atom stereocenters. The van der Waals surface area contributed by atoms with Crippen LogP contribution in [-0.4, -0.2) is 36.1 Å². The largest absolute Gasteiger partial charge is 0.457 e. The van der Waals surface area contributed by atoms with E-state index in [9.17, 15) is 0 Å². The van der Waals surface area contributed by atoms with Gasteiger partial charge in [0.2, 0.25) is 0 Å². The van der Waals surface area contributed by atoms with Gasteiger partial charge in [0.25, 0.3) is 0 Å². The van der Waals surface area contributed by atoms with E-state index in [1.807, 2.05) is 79.0 Å². The van der Waals surface area contributed by atoms with Crippen LogP contribution in [0.3, 0.4) is 0 Å². The van der Waals surface area contributed by atoms with Crippen LogP contribution in [0.1, 0.15) is 0 Å². The third-order valence-corrected chi connectivity index (χ3v) is 5.77. The molecule has 160 valence electrons. The van der Waals surface area contributed by atoms with Gasteiger partial charge in [-0.05, 0) is 42.5 Å². The number of hydrogen-bond donors (Lipinski definition) is 0. The minimum absolute atomic E-state index is 0.760. The maximum Gasteiger partial charge on any atom is 0.147 e. The van der Waals surface area contributed by atoms with Crippen molar-refractivity contribution in [1.82, 2.24) is 9.97 Å². The highest BCUT2D eigenvalue weighted by Gasteiger charge is 2.20. The van der Waals surface area contributed by atoms with Crippen LogP contribution in [0.5, 0.6) is 11.5 Å². The maximum absolute atomic E-state index is 6.16. The summed E-state index contributed by atoms with van der Waals surface area (Å²) in [6, 6.07) is 25.7. The molecule has 1 aliphatic heterocycles. The summed E-state index contributed by atoms with van der Waals surface area (Å²) in [6.07, 6.45) is 3.62. The molecule has 0 saturated carbocycles. The number of rotatable bonds is 5. The summed E-state index contributed by atoms with van der Waals surface area (Å²) in [4.78, 5) is 14.0. The first-order valence-corrected chi connectivity index (χ1v) is 11.0. The number of anilines is 2.